The second-order valence-corrected chi connectivity index (χ2v) is 13.2. The Balaban J connectivity index is 1.97. The Morgan fingerprint density at radius 1 is 1.18 bits per heavy atom. The molecule has 0 spiro atoms. The van der Waals surface area contributed by atoms with E-state index in [0.29, 0.717) is 6.61 Å². The molecule has 0 saturated heterocycles. The van der Waals surface area contributed by atoms with Gasteiger partial charge in [-0.3, -0.25) is 0 Å². The highest BCUT2D eigenvalue weighted by molar-refractivity contribution is 7.14. The smallest absolute Gasteiger partial charge is 0.193 e. The molecular weight excluding hydrogens is 328 g/mol. The van der Waals surface area contributed by atoms with Crippen molar-refractivity contribution in [3.63, 3.8) is 0 Å². The number of thiazole rings is 2. The first kappa shape index (κ1) is 17.4. The molecule has 3 nitrogen and oxygen atoms in total. The van der Waals surface area contributed by atoms with E-state index in [1.807, 2.05) is 17.7 Å². The molecule has 0 unspecified atom stereocenters. The van der Waals surface area contributed by atoms with Crippen molar-refractivity contribution in [1.29, 1.82) is 0 Å². The number of aromatic nitrogens is 2. The highest BCUT2D eigenvalue weighted by Gasteiger charge is 2.36. The molecule has 0 aliphatic rings. The molecule has 0 fully saturated rings. The molecule has 0 bridgehead atoms. The third-order valence-electron chi connectivity index (χ3n) is 3.85. The largest absolute Gasteiger partial charge is 0.406 e. The minimum atomic E-state index is -1.72. The van der Waals surface area contributed by atoms with E-state index in [0.717, 1.165) is 21.4 Å². The number of aryl methyl sites for hydroxylation is 1. The van der Waals surface area contributed by atoms with Gasteiger partial charge in [0, 0.05) is 16.5 Å². The first-order valence-corrected chi connectivity index (χ1v) is 11.9. The standard InChI is InChI=1S/C16H22N2OS2Si/c1-12-10-21-15(17-12)13-11-20-14(18-13)8-7-9-19-22(5,6)16(2,3)4/h10-11H,9H2,1-6H3. The molecule has 0 aliphatic heterocycles. The highest BCUT2D eigenvalue weighted by atomic mass is 32.1. The van der Waals surface area contributed by atoms with E-state index in [2.05, 4.69) is 55.7 Å². The molecule has 0 aliphatic carbocycles. The summed E-state index contributed by atoms with van der Waals surface area (Å²) in [6, 6.07) is 0. The van der Waals surface area contributed by atoms with Crippen molar-refractivity contribution in [2.75, 3.05) is 6.61 Å². The Morgan fingerprint density at radius 2 is 1.91 bits per heavy atom. The van der Waals surface area contributed by atoms with E-state index in [9.17, 15) is 0 Å². The lowest BCUT2D eigenvalue weighted by Gasteiger charge is -2.35. The fraction of sp³-hybridized carbons (Fsp3) is 0.500. The van der Waals surface area contributed by atoms with Crippen LogP contribution >= 0.6 is 22.7 Å². The van der Waals surface area contributed by atoms with Crippen molar-refractivity contribution < 1.29 is 4.43 Å². The van der Waals surface area contributed by atoms with E-state index in [1.54, 1.807) is 22.7 Å². The molecule has 2 aromatic rings. The van der Waals surface area contributed by atoms with Gasteiger partial charge < -0.3 is 4.43 Å². The monoisotopic (exact) mass is 350 g/mol. The first-order valence-electron chi connectivity index (χ1n) is 7.20. The maximum Gasteiger partial charge on any atom is 0.193 e. The number of nitrogens with zero attached hydrogens (tertiary/aromatic N) is 2. The molecule has 0 atom stereocenters. The van der Waals surface area contributed by atoms with Gasteiger partial charge in [-0.2, -0.15) is 0 Å². The Bertz CT molecular complexity index is 702. The summed E-state index contributed by atoms with van der Waals surface area (Å²) in [5, 5.41) is 6.04. The lowest BCUT2D eigenvalue weighted by Crippen LogP contribution is -2.40. The van der Waals surface area contributed by atoms with E-state index < -0.39 is 8.32 Å². The first-order chi connectivity index (χ1) is 10.2. The molecule has 0 N–H and O–H groups in total. The second kappa shape index (κ2) is 6.63. The van der Waals surface area contributed by atoms with Gasteiger partial charge >= 0.3 is 0 Å². The van der Waals surface area contributed by atoms with Gasteiger partial charge in [-0.25, -0.2) is 9.97 Å². The molecule has 0 amide bonds. The van der Waals surface area contributed by atoms with Crippen LogP contribution in [0.1, 0.15) is 31.5 Å². The predicted molar refractivity (Wildman–Crippen MR) is 98.0 cm³/mol. The van der Waals surface area contributed by atoms with E-state index in [1.165, 1.54) is 0 Å². The lowest BCUT2D eigenvalue weighted by molar-refractivity contribution is 0.334. The van der Waals surface area contributed by atoms with Crippen LogP contribution in [-0.4, -0.2) is 24.9 Å². The summed E-state index contributed by atoms with van der Waals surface area (Å²) in [6.07, 6.45) is 0. The van der Waals surface area contributed by atoms with E-state index in [-0.39, 0.29) is 5.04 Å². The van der Waals surface area contributed by atoms with Gasteiger partial charge in [0.15, 0.2) is 13.3 Å². The van der Waals surface area contributed by atoms with Gasteiger partial charge in [0.05, 0.1) is 6.61 Å². The van der Waals surface area contributed by atoms with Crippen LogP contribution in [0.15, 0.2) is 10.8 Å². The van der Waals surface area contributed by atoms with Crippen molar-refractivity contribution >= 4 is 31.0 Å². The van der Waals surface area contributed by atoms with Crippen molar-refractivity contribution in [2.45, 2.75) is 45.8 Å². The van der Waals surface area contributed by atoms with Crippen LogP contribution < -0.4 is 0 Å². The van der Waals surface area contributed by atoms with E-state index in [4.69, 9.17) is 4.43 Å². The summed E-state index contributed by atoms with van der Waals surface area (Å²) >= 11 is 3.17. The normalized spacial score (nSPS) is 12.1. The van der Waals surface area contributed by atoms with Gasteiger partial charge in [-0.15, -0.1) is 22.7 Å². The minimum absolute atomic E-state index is 0.214. The molecule has 2 heterocycles. The topological polar surface area (TPSA) is 35.0 Å². The molecule has 2 rings (SSSR count). The molecule has 118 valence electrons. The van der Waals surface area contributed by atoms with Crippen LogP contribution in [0.5, 0.6) is 0 Å². The van der Waals surface area contributed by atoms with Gasteiger partial charge in [0.25, 0.3) is 0 Å². The van der Waals surface area contributed by atoms with Gasteiger partial charge in [0.1, 0.15) is 10.7 Å². The summed E-state index contributed by atoms with van der Waals surface area (Å²) in [5.74, 6) is 6.19. The van der Waals surface area contributed by atoms with Gasteiger partial charge in [-0.1, -0.05) is 26.7 Å². The van der Waals surface area contributed by atoms with E-state index >= 15 is 0 Å². The molecule has 6 heteroatoms. The van der Waals surface area contributed by atoms with Crippen molar-refractivity contribution in [1.82, 2.24) is 9.97 Å². The second-order valence-electron chi connectivity index (χ2n) is 6.68. The number of hydrogen-bond donors (Lipinski definition) is 0. The molecule has 22 heavy (non-hydrogen) atoms. The third kappa shape index (κ3) is 4.26. The van der Waals surface area contributed by atoms with Crippen molar-refractivity contribution in [3.05, 3.63) is 21.5 Å². The van der Waals surface area contributed by atoms with Crippen molar-refractivity contribution in [2.24, 2.45) is 0 Å². The molecule has 2 aromatic heterocycles. The Morgan fingerprint density at radius 3 is 2.50 bits per heavy atom. The Hall–Kier alpha value is -1.00. The summed E-state index contributed by atoms with van der Waals surface area (Å²) in [4.78, 5) is 8.97. The minimum Gasteiger partial charge on any atom is -0.406 e. The summed E-state index contributed by atoms with van der Waals surface area (Å²) in [7, 11) is -1.72. The van der Waals surface area contributed by atoms with Crippen LogP contribution in [0.2, 0.25) is 18.1 Å². The van der Waals surface area contributed by atoms with Crippen LogP contribution in [0.4, 0.5) is 0 Å². The maximum atomic E-state index is 6.04. The number of rotatable bonds is 3. The van der Waals surface area contributed by atoms with Crippen LogP contribution in [-0.2, 0) is 4.43 Å². The SMILES string of the molecule is Cc1csc(-c2csc(C#CCO[Si](C)(C)C(C)(C)C)n2)n1. The summed E-state index contributed by atoms with van der Waals surface area (Å²) in [5.41, 5.74) is 1.95. The zero-order chi connectivity index (χ0) is 16.4. The average Bonchev–Trinajstić information content (AvgIpc) is 3.02. The summed E-state index contributed by atoms with van der Waals surface area (Å²) < 4.78 is 6.04. The zero-order valence-electron chi connectivity index (χ0n) is 14.0. The molecule has 0 saturated carbocycles. The third-order valence-corrected chi connectivity index (χ3v) is 10.1. The lowest BCUT2D eigenvalue weighted by atomic mass is 10.2. The summed E-state index contributed by atoms with van der Waals surface area (Å²) in [6.45, 7) is 13.6. The Labute approximate surface area is 141 Å². The van der Waals surface area contributed by atoms with Crippen LogP contribution in [0.3, 0.4) is 0 Å². The molecular formula is C16H22N2OS2Si. The number of hydrogen-bond acceptors (Lipinski definition) is 5. The molecule has 0 aromatic carbocycles. The van der Waals surface area contributed by atoms with Gasteiger partial charge in [-0.05, 0) is 31.0 Å². The Kier molecular flexibility index (Phi) is 5.23. The fourth-order valence-corrected chi connectivity index (χ4v) is 3.81. The zero-order valence-corrected chi connectivity index (χ0v) is 16.6. The van der Waals surface area contributed by atoms with Crippen molar-refractivity contribution in [3.8, 4) is 22.5 Å². The maximum absolute atomic E-state index is 6.04. The van der Waals surface area contributed by atoms with Crippen LogP contribution in [0.25, 0.3) is 10.7 Å². The average molecular weight is 351 g/mol. The quantitative estimate of drug-likeness (QED) is 0.580. The fourth-order valence-electron chi connectivity index (χ4n) is 1.45. The highest BCUT2D eigenvalue weighted by Crippen LogP contribution is 2.36. The molecule has 0 radical (unpaired) electrons. The predicted octanol–water partition coefficient (Wildman–Crippen LogP) is 4.95. The van der Waals surface area contributed by atoms with Crippen LogP contribution in [0, 0.1) is 18.8 Å². The van der Waals surface area contributed by atoms with Gasteiger partial charge in [0.2, 0.25) is 0 Å².